The minimum atomic E-state index is -4.21. The van der Waals surface area contributed by atoms with E-state index in [1.165, 1.54) is 6.92 Å². The first-order valence-corrected chi connectivity index (χ1v) is 8.29. The summed E-state index contributed by atoms with van der Waals surface area (Å²) in [5.74, 6) is 0.367. The Morgan fingerprint density at radius 1 is 1.20 bits per heavy atom. The fourth-order valence-electron chi connectivity index (χ4n) is 1.60. The molecular formula is C13H27NO5S. The highest BCUT2D eigenvalue weighted by Gasteiger charge is 2.30. The van der Waals surface area contributed by atoms with Crippen molar-refractivity contribution in [1.29, 1.82) is 0 Å². The van der Waals surface area contributed by atoms with Gasteiger partial charge in [-0.2, -0.15) is 8.42 Å². The lowest BCUT2D eigenvalue weighted by Crippen LogP contribution is -2.47. The van der Waals surface area contributed by atoms with Gasteiger partial charge in [-0.15, -0.1) is 0 Å². The van der Waals surface area contributed by atoms with Crippen molar-refractivity contribution in [3.63, 3.8) is 0 Å². The Morgan fingerprint density at radius 3 is 2.05 bits per heavy atom. The van der Waals surface area contributed by atoms with E-state index >= 15 is 0 Å². The van der Waals surface area contributed by atoms with Crippen molar-refractivity contribution >= 4 is 16.2 Å². The van der Waals surface area contributed by atoms with Crippen LogP contribution >= 0.6 is 0 Å². The minimum Gasteiger partial charge on any atom is -0.444 e. The van der Waals surface area contributed by atoms with Crippen LogP contribution in [0.1, 0.15) is 54.4 Å². The number of rotatable bonds is 6. The van der Waals surface area contributed by atoms with Gasteiger partial charge >= 0.3 is 6.09 Å². The lowest BCUT2D eigenvalue weighted by atomic mass is 10.0. The van der Waals surface area contributed by atoms with Crippen LogP contribution in [0, 0.1) is 5.92 Å². The van der Waals surface area contributed by atoms with E-state index in [1.807, 2.05) is 13.8 Å². The van der Waals surface area contributed by atoms with E-state index in [-0.39, 0.29) is 0 Å². The molecule has 0 radical (unpaired) electrons. The highest BCUT2D eigenvalue weighted by Crippen LogP contribution is 2.15. The molecule has 0 saturated carbocycles. The van der Waals surface area contributed by atoms with Crippen LogP contribution in [0.3, 0.4) is 0 Å². The molecule has 0 aliphatic carbocycles. The van der Waals surface area contributed by atoms with Gasteiger partial charge in [0.15, 0.2) is 0 Å². The number of alkyl carbamates (subject to hydrolysis) is 1. The van der Waals surface area contributed by atoms with Crippen molar-refractivity contribution in [2.24, 2.45) is 5.92 Å². The fraction of sp³-hybridized carbons (Fsp3) is 0.923. The van der Waals surface area contributed by atoms with Crippen LogP contribution in [0.5, 0.6) is 0 Å². The van der Waals surface area contributed by atoms with Crippen LogP contribution in [0.25, 0.3) is 0 Å². The highest BCUT2D eigenvalue weighted by atomic mass is 32.2. The standard InChI is InChI=1S/C13H27NO5S/c1-9(2)7-8-11(10(3)20(16,17)18)14-12(15)19-13(4,5)6/h9-11H,7-8H2,1-6H3,(H,14,15)(H,16,17,18)/t10-,11?/m1/s1. The lowest BCUT2D eigenvalue weighted by molar-refractivity contribution is 0.0499. The topological polar surface area (TPSA) is 92.7 Å². The Morgan fingerprint density at radius 2 is 1.70 bits per heavy atom. The monoisotopic (exact) mass is 309 g/mol. The van der Waals surface area contributed by atoms with Crippen molar-refractivity contribution in [2.45, 2.75) is 71.3 Å². The molecule has 2 N–H and O–H groups in total. The molecule has 120 valence electrons. The summed E-state index contributed by atoms with van der Waals surface area (Å²) in [5, 5.41) is 1.46. The van der Waals surface area contributed by atoms with E-state index in [9.17, 15) is 13.2 Å². The molecule has 0 aliphatic heterocycles. The van der Waals surface area contributed by atoms with E-state index in [0.29, 0.717) is 12.3 Å². The van der Waals surface area contributed by atoms with Gasteiger partial charge in [-0.25, -0.2) is 4.79 Å². The first-order chi connectivity index (χ1) is 8.83. The zero-order valence-electron chi connectivity index (χ0n) is 13.1. The van der Waals surface area contributed by atoms with Gasteiger partial charge in [0.25, 0.3) is 10.1 Å². The number of carbonyl (C=O) groups is 1. The van der Waals surface area contributed by atoms with Crippen molar-refractivity contribution in [3.05, 3.63) is 0 Å². The summed E-state index contributed by atoms with van der Waals surface area (Å²) in [5.41, 5.74) is -0.659. The molecular weight excluding hydrogens is 282 g/mol. The second-order valence-electron chi connectivity index (χ2n) is 6.44. The van der Waals surface area contributed by atoms with E-state index in [2.05, 4.69) is 5.32 Å². The third kappa shape index (κ3) is 8.37. The number of hydrogen-bond acceptors (Lipinski definition) is 4. The Hall–Kier alpha value is -0.820. The zero-order chi connectivity index (χ0) is 16.1. The summed E-state index contributed by atoms with van der Waals surface area (Å²) in [7, 11) is -4.21. The maximum absolute atomic E-state index is 11.7. The van der Waals surface area contributed by atoms with Gasteiger partial charge in [-0.1, -0.05) is 13.8 Å². The van der Waals surface area contributed by atoms with E-state index in [4.69, 9.17) is 9.29 Å². The molecule has 0 aromatic rings. The van der Waals surface area contributed by atoms with Gasteiger partial charge in [0, 0.05) is 0 Å². The summed E-state index contributed by atoms with van der Waals surface area (Å²) >= 11 is 0. The smallest absolute Gasteiger partial charge is 0.407 e. The summed E-state index contributed by atoms with van der Waals surface area (Å²) < 4.78 is 36.8. The zero-order valence-corrected chi connectivity index (χ0v) is 14.0. The molecule has 0 saturated heterocycles. The molecule has 6 nitrogen and oxygen atoms in total. The average molecular weight is 309 g/mol. The van der Waals surface area contributed by atoms with E-state index in [0.717, 1.165) is 6.42 Å². The largest absolute Gasteiger partial charge is 0.444 e. The second-order valence-corrected chi connectivity index (χ2v) is 8.22. The van der Waals surface area contributed by atoms with Gasteiger partial charge in [0.1, 0.15) is 10.9 Å². The Labute approximate surface area is 122 Å². The third-order valence-corrected chi connectivity index (χ3v) is 4.06. The molecule has 0 bridgehead atoms. The summed E-state index contributed by atoms with van der Waals surface area (Å²) in [6.45, 7) is 10.6. The first kappa shape index (κ1) is 19.2. The Bertz CT molecular complexity index is 411. The average Bonchev–Trinajstić information content (AvgIpc) is 2.18. The molecule has 0 aromatic carbocycles. The molecule has 1 unspecified atom stereocenters. The first-order valence-electron chi connectivity index (χ1n) is 6.78. The predicted molar refractivity (Wildman–Crippen MR) is 78.2 cm³/mol. The number of amides is 1. The van der Waals surface area contributed by atoms with E-state index in [1.54, 1.807) is 20.8 Å². The SMILES string of the molecule is CC(C)CCC(NC(=O)OC(C)(C)C)[C@@H](C)S(=O)(=O)O. The van der Waals surface area contributed by atoms with Crippen LogP contribution in [-0.4, -0.2) is 36.0 Å². The van der Waals surface area contributed by atoms with Gasteiger partial charge < -0.3 is 10.1 Å². The Balaban J connectivity index is 4.82. The summed E-state index contributed by atoms with van der Waals surface area (Å²) in [6.07, 6.45) is 0.514. The fourth-order valence-corrected chi connectivity index (χ4v) is 2.22. The van der Waals surface area contributed by atoms with Gasteiger partial charge in [-0.3, -0.25) is 4.55 Å². The maximum Gasteiger partial charge on any atom is 0.407 e. The highest BCUT2D eigenvalue weighted by molar-refractivity contribution is 7.86. The van der Waals surface area contributed by atoms with Crippen molar-refractivity contribution in [2.75, 3.05) is 0 Å². The molecule has 20 heavy (non-hydrogen) atoms. The predicted octanol–water partition coefficient (Wildman–Crippen LogP) is 2.59. The molecule has 0 spiro atoms. The normalized spacial score (nSPS) is 15.8. The number of nitrogens with one attached hydrogen (secondary N) is 1. The van der Waals surface area contributed by atoms with Gasteiger partial charge in [-0.05, 0) is 46.5 Å². The van der Waals surface area contributed by atoms with Crippen LogP contribution < -0.4 is 5.32 Å². The summed E-state index contributed by atoms with van der Waals surface area (Å²) in [6, 6.07) is -0.678. The van der Waals surface area contributed by atoms with Crippen molar-refractivity contribution in [1.82, 2.24) is 5.32 Å². The number of carbonyl (C=O) groups excluding carboxylic acids is 1. The summed E-state index contributed by atoms with van der Waals surface area (Å²) in [4.78, 5) is 11.7. The third-order valence-electron chi connectivity index (χ3n) is 2.79. The van der Waals surface area contributed by atoms with Crippen LogP contribution in [-0.2, 0) is 14.9 Å². The van der Waals surface area contributed by atoms with Crippen molar-refractivity contribution < 1.29 is 22.5 Å². The molecule has 0 aliphatic rings. The Kier molecular flexibility index (Phi) is 6.97. The molecule has 0 fully saturated rings. The number of hydrogen-bond donors (Lipinski definition) is 2. The van der Waals surface area contributed by atoms with Gasteiger partial charge in [0.2, 0.25) is 0 Å². The molecule has 1 amide bonds. The molecule has 0 aromatic heterocycles. The molecule has 2 atom stereocenters. The molecule has 0 heterocycles. The second kappa shape index (κ2) is 7.26. The van der Waals surface area contributed by atoms with Crippen LogP contribution in [0.2, 0.25) is 0 Å². The lowest BCUT2D eigenvalue weighted by Gasteiger charge is -2.26. The van der Waals surface area contributed by atoms with Crippen LogP contribution in [0.4, 0.5) is 4.79 Å². The molecule has 0 rings (SSSR count). The maximum atomic E-state index is 11.7. The van der Waals surface area contributed by atoms with Crippen LogP contribution in [0.15, 0.2) is 0 Å². The van der Waals surface area contributed by atoms with E-state index < -0.39 is 33.1 Å². The molecule has 7 heteroatoms. The quantitative estimate of drug-likeness (QED) is 0.736. The number of ether oxygens (including phenoxy) is 1. The van der Waals surface area contributed by atoms with Gasteiger partial charge in [0.05, 0.1) is 6.04 Å². The van der Waals surface area contributed by atoms with Crippen molar-refractivity contribution in [3.8, 4) is 0 Å². The minimum absolute atomic E-state index is 0.367.